The molecule has 1 aromatic heterocycles. The number of benzene rings is 1. The van der Waals surface area contributed by atoms with Crippen LogP contribution in [0.2, 0.25) is 10.0 Å². The summed E-state index contributed by atoms with van der Waals surface area (Å²) < 4.78 is 2.11. The quantitative estimate of drug-likeness (QED) is 0.597. The van der Waals surface area contributed by atoms with Gasteiger partial charge in [-0.05, 0) is 42.8 Å². The first-order valence-electron chi connectivity index (χ1n) is 7.46. The summed E-state index contributed by atoms with van der Waals surface area (Å²) in [6, 6.07) is 3.19. The van der Waals surface area contributed by atoms with Gasteiger partial charge < -0.3 is 5.11 Å². The summed E-state index contributed by atoms with van der Waals surface area (Å²) in [6.45, 7) is 0. The molecule has 8 heteroatoms. The van der Waals surface area contributed by atoms with Crippen molar-refractivity contribution in [3.8, 4) is 5.75 Å². The van der Waals surface area contributed by atoms with Gasteiger partial charge in [0, 0.05) is 5.92 Å². The number of aromatic amines is 1. The monoisotopic (exact) mass is 370 g/mol. The molecule has 0 spiro atoms. The highest BCUT2D eigenvalue weighted by atomic mass is 35.5. The van der Waals surface area contributed by atoms with E-state index < -0.39 is 0 Å². The molecule has 23 heavy (non-hydrogen) atoms. The lowest BCUT2D eigenvalue weighted by atomic mass is 9.89. The van der Waals surface area contributed by atoms with Crippen LogP contribution in [0.4, 0.5) is 0 Å². The van der Waals surface area contributed by atoms with E-state index in [9.17, 15) is 5.11 Å². The molecule has 1 fully saturated rings. The molecule has 3 rings (SSSR count). The van der Waals surface area contributed by atoms with Crippen LogP contribution in [0.3, 0.4) is 0 Å². The van der Waals surface area contributed by atoms with Gasteiger partial charge in [0.1, 0.15) is 0 Å². The summed E-state index contributed by atoms with van der Waals surface area (Å²) in [7, 11) is 0. The van der Waals surface area contributed by atoms with Crippen LogP contribution in [-0.2, 0) is 0 Å². The van der Waals surface area contributed by atoms with Crippen LogP contribution in [0.15, 0.2) is 17.2 Å². The van der Waals surface area contributed by atoms with E-state index in [-0.39, 0.29) is 15.8 Å². The third kappa shape index (κ3) is 3.59. The molecule has 0 aliphatic heterocycles. The predicted octanol–water partition coefficient (Wildman–Crippen LogP) is 4.88. The zero-order valence-electron chi connectivity index (χ0n) is 12.3. The molecule has 0 atom stereocenters. The minimum atomic E-state index is -0.131. The number of nitrogens with zero attached hydrogens (tertiary/aromatic N) is 3. The molecule has 0 bridgehead atoms. The van der Waals surface area contributed by atoms with Gasteiger partial charge >= 0.3 is 0 Å². The standard InChI is InChI=1S/C15H16Cl2N4OS/c16-11-6-9(7-12(17)13(11)22)8-18-21-14(19-20-15(21)23)10-4-2-1-3-5-10/h6-8,10,22H,1-5H2,(H,20,23)/b18-8-. The Balaban J connectivity index is 1.91. The van der Waals surface area contributed by atoms with Crippen molar-refractivity contribution in [2.75, 3.05) is 0 Å². The minimum absolute atomic E-state index is 0.131. The van der Waals surface area contributed by atoms with E-state index in [0.717, 1.165) is 18.7 Å². The fraction of sp³-hybridized carbons (Fsp3) is 0.400. The molecule has 1 aliphatic carbocycles. The van der Waals surface area contributed by atoms with Gasteiger partial charge in [0.25, 0.3) is 0 Å². The summed E-state index contributed by atoms with van der Waals surface area (Å²) in [5, 5.41) is 21.5. The Morgan fingerprint density at radius 3 is 2.57 bits per heavy atom. The van der Waals surface area contributed by atoms with Crippen molar-refractivity contribution in [3.63, 3.8) is 0 Å². The molecule has 5 nitrogen and oxygen atoms in total. The van der Waals surface area contributed by atoms with Crippen LogP contribution in [0, 0.1) is 4.77 Å². The first kappa shape index (κ1) is 16.5. The molecule has 0 saturated heterocycles. The van der Waals surface area contributed by atoms with E-state index >= 15 is 0 Å². The molecule has 2 N–H and O–H groups in total. The molecule has 122 valence electrons. The predicted molar refractivity (Wildman–Crippen MR) is 94.4 cm³/mol. The number of aromatic nitrogens is 3. The SMILES string of the molecule is Oc1c(Cl)cc(/C=N\n2c(C3CCCCC3)n[nH]c2=S)cc1Cl. The second-order valence-corrected chi connectivity index (χ2v) is 6.81. The Morgan fingerprint density at radius 1 is 1.26 bits per heavy atom. The van der Waals surface area contributed by atoms with Gasteiger partial charge in [-0.1, -0.05) is 42.5 Å². The molecule has 1 aliphatic rings. The minimum Gasteiger partial charge on any atom is -0.505 e. The largest absolute Gasteiger partial charge is 0.505 e. The second-order valence-electron chi connectivity index (χ2n) is 5.61. The average Bonchev–Trinajstić information content (AvgIpc) is 2.92. The maximum atomic E-state index is 9.60. The highest BCUT2D eigenvalue weighted by Gasteiger charge is 2.21. The fourth-order valence-corrected chi connectivity index (χ4v) is 3.51. The Kier molecular flexibility index (Phi) is 5.04. The van der Waals surface area contributed by atoms with Gasteiger partial charge in [0.05, 0.1) is 16.3 Å². The van der Waals surface area contributed by atoms with Crippen molar-refractivity contribution in [3.05, 3.63) is 38.3 Å². The van der Waals surface area contributed by atoms with Crippen LogP contribution in [0.1, 0.15) is 49.4 Å². The second kappa shape index (κ2) is 7.03. The molecule has 0 unspecified atom stereocenters. The van der Waals surface area contributed by atoms with Crippen molar-refractivity contribution < 1.29 is 5.11 Å². The molecule has 1 aromatic carbocycles. The number of hydrogen-bond donors (Lipinski definition) is 2. The van der Waals surface area contributed by atoms with Crippen LogP contribution >= 0.6 is 35.4 Å². The zero-order chi connectivity index (χ0) is 16.4. The first-order valence-corrected chi connectivity index (χ1v) is 8.62. The summed E-state index contributed by atoms with van der Waals surface area (Å²) in [4.78, 5) is 0. The summed E-state index contributed by atoms with van der Waals surface area (Å²) >= 11 is 17.1. The van der Waals surface area contributed by atoms with E-state index in [0.29, 0.717) is 16.3 Å². The lowest BCUT2D eigenvalue weighted by molar-refractivity contribution is 0.419. The Morgan fingerprint density at radius 2 is 1.91 bits per heavy atom. The van der Waals surface area contributed by atoms with Gasteiger partial charge in [0.15, 0.2) is 11.6 Å². The van der Waals surface area contributed by atoms with Crippen molar-refractivity contribution in [2.45, 2.75) is 38.0 Å². The molecule has 1 saturated carbocycles. The highest BCUT2D eigenvalue weighted by Crippen LogP contribution is 2.33. The smallest absolute Gasteiger partial charge is 0.216 e. The van der Waals surface area contributed by atoms with Gasteiger partial charge in [-0.15, -0.1) is 0 Å². The van der Waals surface area contributed by atoms with Gasteiger partial charge in [0.2, 0.25) is 4.77 Å². The molecular weight excluding hydrogens is 355 g/mol. The zero-order valence-corrected chi connectivity index (χ0v) is 14.6. The van der Waals surface area contributed by atoms with Crippen molar-refractivity contribution in [2.24, 2.45) is 5.10 Å². The third-order valence-corrected chi connectivity index (χ3v) is 4.85. The summed E-state index contributed by atoms with van der Waals surface area (Å²) in [5.41, 5.74) is 0.676. The third-order valence-electron chi connectivity index (χ3n) is 4.01. The van der Waals surface area contributed by atoms with Crippen LogP contribution < -0.4 is 0 Å². The lowest BCUT2D eigenvalue weighted by Gasteiger charge is -2.19. The van der Waals surface area contributed by atoms with Crippen LogP contribution in [-0.4, -0.2) is 26.2 Å². The van der Waals surface area contributed by atoms with E-state index in [4.69, 9.17) is 35.4 Å². The number of nitrogens with one attached hydrogen (secondary N) is 1. The fourth-order valence-electron chi connectivity index (χ4n) is 2.82. The van der Waals surface area contributed by atoms with E-state index in [2.05, 4.69) is 15.3 Å². The van der Waals surface area contributed by atoms with Gasteiger partial charge in [-0.25, -0.2) is 0 Å². The molecular formula is C15H16Cl2N4OS. The number of phenols is 1. The number of aromatic hydroxyl groups is 1. The molecule has 0 radical (unpaired) electrons. The van der Waals surface area contributed by atoms with E-state index in [1.54, 1.807) is 23.0 Å². The Hall–Kier alpha value is -1.37. The van der Waals surface area contributed by atoms with Crippen LogP contribution in [0.5, 0.6) is 5.75 Å². The normalized spacial score (nSPS) is 16.3. The van der Waals surface area contributed by atoms with Crippen LogP contribution in [0.25, 0.3) is 0 Å². The molecule has 1 heterocycles. The van der Waals surface area contributed by atoms with Crippen molar-refractivity contribution in [1.29, 1.82) is 0 Å². The van der Waals surface area contributed by atoms with Gasteiger partial charge in [-0.3, -0.25) is 5.10 Å². The van der Waals surface area contributed by atoms with Crippen molar-refractivity contribution >= 4 is 41.6 Å². The highest BCUT2D eigenvalue weighted by molar-refractivity contribution is 7.71. The number of phenolic OH excluding ortho intramolecular Hbond substituents is 1. The first-order chi connectivity index (χ1) is 11.1. The Bertz CT molecular complexity index is 770. The molecule has 0 amide bonds. The Labute approximate surface area is 148 Å². The summed E-state index contributed by atoms with van der Waals surface area (Å²) in [6.07, 6.45) is 7.50. The average molecular weight is 371 g/mol. The van der Waals surface area contributed by atoms with Crippen molar-refractivity contribution in [1.82, 2.24) is 14.9 Å². The maximum absolute atomic E-state index is 9.60. The van der Waals surface area contributed by atoms with E-state index in [1.807, 2.05) is 0 Å². The lowest BCUT2D eigenvalue weighted by Crippen LogP contribution is -2.10. The summed E-state index contributed by atoms with van der Waals surface area (Å²) in [5.74, 6) is 1.11. The van der Waals surface area contributed by atoms with Gasteiger partial charge in [-0.2, -0.15) is 14.9 Å². The number of halogens is 2. The number of rotatable bonds is 3. The number of H-pyrrole nitrogens is 1. The number of hydrogen-bond acceptors (Lipinski definition) is 4. The topological polar surface area (TPSA) is 66.2 Å². The molecule has 2 aromatic rings. The van der Waals surface area contributed by atoms with E-state index in [1.165, 1.54) is 19.3 Å². The maximum Gasteiger partial charge on any atom is 0.216 e.